The van der Waals surface area contributed by atoms with Gasteiger partial charge in [-0.3, -0.25) is 5.43 Å². The van der Waals surface area contributed by atoms with Gasteiger partial charge in [0.2, 0.25) is 0 Å². The van der Waals surface area contributed by atoms with Crippen LogP contribution < -0.4 is 10.2 Å². The molecule has 0 fully saturated rings. The minimum absolute atomic E-state index is 0.0932. The normalized spacial score (nSPS) is 11.0. The van der Waals surface area contributed by atoms with Gasteiger partial charge >= 0.3 is 5.97 Å². The van der Waals surface area contributed by atoms with Crippen molar-refractivity contribution in [2.45, 2.75) is 6.61 Å². The van der Waals surface area contributed by atoms with E-state index in [1.807, 2.05) is 36.4 Å². The highest BCUT2D eigenvalue weighted by atomic mass is 19.1. The number of ether oxygens (including phenoxy) is 1. The van der Waals surface area contributed by atoms with Crippen molar-refractivity contribution in [3.8, 4) is 5.75 Å². The van der Waals surface area contributed by atoms with E-state index in [2.05, 4.69) is 10.5 Å². The van der Waals surface area contributed by atoms with Crippen molar-refractivity contribution in [3.63, 3.8) is 0 Å². The number of carboxylic acid groups (broad SMARTS) is 1. The first-order valence-electron chi connectivity index (χ1n) is 9.62. The minimum atomic E-state index is -0.984. The molecule has 6 heteroatoms. The van der Waals surface area contributed by atoms with Crippen molar-refractivity contribution in [2.24, 2.45) is 5.10 Å². The van der Waals surface area contributed by atoms with Crippen LogP contribution in [0, 0.1) is 5.82 Å². The van der Waals surface area contributed by atoms with Crippen molar-refractivity contribution in [1.82, 2.24) is 0 Å². The number of rotatable bonds is 7. The molecule has 154 valence electrons. The topological polar surface area (TPSA) is 70.9 Å². The van der Waals surface area contributed by atoms with Gasteiger partial charge in [-0.1, -0.05) is 48.5 Å². The highest BCUT2D eigenvalue weighted by molar-refractivity contribution is 6.02. The SMILES string of the molecule is O=C(O)c1ccc(N/N=C\c2c(OCc3ccccc3F)ccc3ccccc23)cc1. The molecule has 0 aliphatic rings. The summed E-state index contributed by atoms with van der Waals surface area (Å²) < 4.78 is 19.9. The second-order valence-electron chi connectivity index (χ2n) is 6.83. The van der Waals surface area contributed by atoms with Crippen LogP contribution in [0.5, 0.6) is 5.75 Å². The quantitative estimate of drug-likeness (QED) is 0.301. The number of nitrogens with zero attached hydrogens (tertiary/aromatic N) is 1. The van der Waals surface area contributed by atoms with Crippen LogP contribution in [0.3, 0.4) is 0 Å². The predicted octanol–water partition coefficient (Wildman–Crippen LogP) is 5.70. The highest BCUT2D eigenvalue weighted by Gasteiger charge is 2.09. The van der Waals surface area contributed by atoms with Crippen molar-refractivity contribution >= 4 is 28.6 Å². The van der Waals surface area contributed by atoms with Crippen LogP contribution in [0.2, 0.25) is 0 Å². The lowest BCUT2D eigenvalue weighted by Gasteiger charge is -2.12. The summed E-state index contributed by atoms with van der Waals surface area (Å²) in [4.78, 5) is 11.0. The van der Waals surface area contributed by atoms with Crippen LogP contribution in [-0.4, -0.2) is 17.3 Å². The molecule has 4 aromatic rings. The van der Waals surface area contributed by atoms with Gasteiger partial charge in [-0.25, -0.2) is 9.18 Å². The van der Waals surface area contributed by atoms with Crippen molar-refractivity contribution in [3.05, 3.63) is 107 Å². The van der Waals surface area contributed by atoms with E-state index in [4.69, 9.17) is 9.84 Å². The van der Waals surface area contributed by atoms with Crippen LogP contribution >= 0.6 is 0 Å². The van der Waals surface area contributed by atoms with Gasteiger partial charge in [0, 0.05) is 11.1 Å². The summed E-state index contributed by atoms with van der Waals surface area (Å²) in [5.41, 5.74) is 4.97. The molecule has 0 heterocycles. The molecule has 4 rings (SSSR count). The van der Waals surface area contributed by atoms with E-state index in [-0.39, 0.29) is 18.0 Å². The van der Waals surface area contributed by atoms with Crippen LogP contribution in [-0.2, 0) is 6.61 Å². The lowest BCUT2D eigenvalue weighted by atomic mass is 10.0. The molecule has 0 spiro atoms. The second kappa shape index (κ2) is 9.09. The summed E-state index contributed by atoms with van der Waals surface area (Å²) in [7, 11) is 0. The van der Waals surface area contributed by atoms with Gasteiger partial charge in [0.05, 0.1) is 17.5 Å². The fourth-order valence-electron chi connectivity index (χ4n) is 3.16. The van der Waals surface area contributed by atoms with Gasteiger partial charge < -0.3 is 9.84 Å². The average molecular weight is 414 g/mol. The molecule has 4 aromatic carbocycles. The number of benzene rings is 4. The number of halogens is 1. The summed E-state index contributed by atoms with van der Waals surface area (Å²) in [5.74, 6) is -0.721. The molecule has 0 saturated heterocycles. The molecule has 5 nitrogen and oxygen atoms in total. The molecule has 0 aromatic heterocycles. The van der Waals surface area contributed by atoms with Crippen molar-refractivity contribution in [1.29, 1.82) is 0 Å². The number of hydrogen-bond donors (Lipinski definition) is 2. The Labute approximate surface area is 178 Å². The zero-order valence-corrected chi connectivity index (χ0v) is 16.5. The zero-order chi connectivity index (χ0) is 21.6. The fraction of sp³-hybridized carbons (Fsp3) is 0.0400. The number of carbonyl (C=O) groups is 1. The minimum Gasteiger partial charge on any atom is -0.488 e. The largest absolute Gasteiger partial charge is 0.488 e. The predicted molar refractivity (Wildman–Crippen MR) is 119 cm³/mol. The molecule has 0 saturated carbocycles. The molecule has 0 unspecified atom stereocenters. The Balaban J connectivity index is 1.59. The average Bonchev–Trinajstić information content (AvgIpc) is 2.79. The van der Waals surface area contributed by atoms with E-state index in [9.17, 15) is 9.18 Å². The summed E-state index contributed by atoms with van der Waals surface area (Å²) >= 11 is 0. The zero-order valence-electron chi connectivity index (χ0n) is 16.5. The maximum absolute atomic E-state index is 14.0. The lowest BCUT2D eigenvalue weighted by molar-refractivity contribution is 0.0697. The summed E-state index contributed by atoms with van der Waals surface area (Å²) in [6, 6.07) is 24.4. The number of anilines is 1. The lowest BCUT2D eigenvalue weighted by Crippen LogP contribution is -2.02. The van der Waals surface area contributed by atoms with E-state index < -0.39 is 5.97 Å². The third kappa shape index (κ3) is 4.70. The molecule has 0 amide bonds. The van der Waals surface area contributed by atoms with Gasteiger partial charge in [0.25, 0.3) is 0 Å². The molecule has 0 atom stereocenters. The van der Waals surface area contributed by atoms with Gasteiger partial charge in [-0.05, 0) is 47.2 Å². The first-order chi connectivity index (χ1) is 15.1. The summed E-state index contributed by atoms with van der Waals surface area (Å²) in [6.45, 7) is 0.0932. The fourth-order valence-corrected chi connectivity index (χ4v) is 3.16. The third-order valence-corrected chi connectivity index (χ3v) is 4.79. The maximum Gasteiger partial charge on any atom is 0.335 e. The number of hydrazone groups is 1. The highest BCUT2D eigenvalue weighted by Crippen LogP contribution is 2.28. The van der Waals surface area contributed by atoms with Gasteiger partial charge in [0.1, 0.15) is 18.2 Å². The standard InChI is InChI=1S/C25H19FN2O3/c26-23-8-4-2-6-19(23)16-31-24-14-11-17-5-1-3-7-21(17)22(24)15-27-28-20-12-9-18(10-13-20)25(29)30/h1-15,28H,16H2,(H,29,30)/b27-15-. The Bertz CT molecular complexity index is 1250. The third-order valence-electron chi connectivity index (χ3n) is 4.79. The Morgan fingerprint density at radius 2 is 1.71 bits per heavy atom. The Hall–Kier alpha value is -4.19. The van der Waals surface area contributed by atoms with Crippen molar-refractivity contribution in [2.75, 3.05) is 5.43 Å². The monoisotopic (exact) mass is 414 g/mol. The molecule has 0 aliphatic heterocycles. The van der Waals surface area contributed by atoms with Crippen molar-refractivity contribution < 1.29 is 19.0 Å². The number of fused-ring (bicyclic) bond motifs is 1. The van der Waals surface area contributed by atoms with Crippen LogP contribution in [0.15, 0.2) is 90.0 Å². The van der Waals surface area contributed by atoms with Gasteiger partial charge in [0.15, 0.2) is 0 Å². The Morgan fingerprint density at radius 3 is 2.48 bits per heavy atom. The number of carboxylic acids is 1. The van der Waals surface area contributed by atoms with Crippen LogP contribution in [0.4, 0.5) is 10.1 Å². The summed E-state index contributed by atoms with van der Waals surface area (Å²) in [6.07, 6.45) is 1.64. The van der Waals surface area contributed by atoms with Crippen LogP contribution in [0.25, 0.3) is 10.8 Å². The molecular weight excluding hydrogens is 395 g/mol. The number of hydrogen-bond acceptors (Lipinski definition) is 4. The first-order valence-corrected chi connectivity index (χ1v) is 9.62. The summed E-state index contributed by atoms with van der Waals surface area (Å²) in [5, 5.41) is 15.3. The Morgan fingerprint density at radius 1 is 0.968 bits per heavy atom. The van der Waals surface area contributed by atoms with E-state index in [1.54, 1.807) is 36.5 Å². The van der Waals surface area contributed by atoms with E-state index in [1.165, 1.54) is 18.2 Å². The second-order valence-corrected chi connectivity index (χ2v) is 6.83. The van der Waals surface area contributed by atoms with E-state index in [0.29, 0.717) is 17.0 Å². The molecule has 31 heavy (non-hydrogen) atoms. The first kappa shape index (κ1) is 20.1. The van der Waals surface area contributed by atoms with Gasteiger partial charge in [-0.15, -0.1) is 0 Å². The molecule has 0 radical (unpaired) electrons. The molecular formula is C25H19FN2O3. The molecule has 0 bridgehead atoms. The molecule has 0 aliphatic carbocycles. The number of nitrogens with one attached hydrogen (secondary N) is 1. The number of aromatic carboxylic acids is 1. The van der Waals surface area contributed by atoms with Gasteiger partial charge in [-0.2, -0.15) is 5.10 Å². The Kier molecular flexibility index (Phi) is 5.89. The van der Waals surface area contributed by atoms with E-state index in [0.717, 1.165) is 16.3 Å². The maximum atomic E-state index is 14.0. The smallest absolute Gasteiger partial charge is 0.335 e. The molecule has 2 N–H and O–H groups in total. The van der Waals surface area contributed by atoms with E-state index >= 15 is 0 Å². The van der Waals surface area contributed by atoms with Crippen LogP contribution in [0.1, 0.15) is 21.5 Å².